The second-order valence-corrected chi connectivity index (χ2v) is 9.26. The van der Waals surface area contributed by atoms with Crippen LogP contribution in [0.1, 0.15) is 50.9 Å². The van der Waals surface area contributed by atoms with E-state index in [0.717, 1.165) is 29.6 Å². The predicted molar refractivity (Wildman–Crippen MR) is 136 cm³/mol. The van der Waals surface area contributed by atoms with Gasteiger partial charge < -0.3 is 10.6 Å². The van der Waals surface area contributed by atoms with Gasteiger partial charge in [0.05, 0.1) is 28.0 Å². The molecule has 1 aliphatic heterocycles. The number of amides is 3. The van der Waals surface area contributed by atoms with Gasteiger partial charge in [-0.15, -0.1) is 0 Å². The first kappa shape index (κ1) is 22.0. The first-order chi connectivity index (χ1) is 17.4. The van der Waals surface area contributed by atoms with E-state index in [4.69, 9.17) is 4.98 Å². The number of carbonyl (C=O) groups is 3. The maximum atomic E-state index is 13.3. The normalized spacial score (nSPS) is 14.9. The first-order valence-electron chi connectivity index (χ1n) is 11.9. The van der Waals surface area contributed by atoms with Crippen molar-refractivity contribution in [3.8, 4) is 0 Å². The van der Waals surface area contributed by atoms with Crippen molar-refractivity contribution in [3.05, 3.63) is 77.1 Å². The summed E-state index contributed by atoms with van der Waals surface area (Å²) in [4.78, 5) is 44.8. The van der Waals surface area contributed by atoms with E-state index < -0.39 is 0 Å². The summed E-state index contributed by atoms with van der Waals surface area (Å²) in [5, 5.41) is 10.9. The molecule has 180 valence electrons. The van der Waals surface area contributed by atoms with E-state index >= 15 is 0 Å². The zero-order valence-corrected chi connectivity index (χ0v) is 19.9. The number of benzene rings is 2. The molecule has 1 saturated carbocycles. The third-order valence-electron chi connectivity index (χ3n) is 6.63. The Hall–Kier alpha value is -4.53. The molecule has 2 N–H and O–H groups in total. The summed E-state index contributed by atoms with van der Waals surface area (Å²) >= 11 is 0. The number of anilines is 3. The van der Waals surface area contributed by atoms with E-state index in [1.54, 1.807) is 41.1 Å². The fourth-order valence-electron chi connectivity index (χ4n) is 4.70. The summed E-state index contributed by atoms with van der Waals surface area (Å²) in [5.74, 6) is -0.388. The van der Waals surface area contributed by atoms with Gasteiger partial charge in [0.2, 0.25) is 5.91 Å². The molecule has 9 heteroatoms. The second-order valence-electron chi connectivity index (χ2n) is 9.26. The first-order valence-corrected chi connectivity index (χ1v) is 11.9. The van der Waals surface area contributed by atoms with Crippen molar-refractivity contribution in [1.29, 1.82) is 0 Å². The smallest absolute Gasteiger partial charge is 0.258 e. The molecular formula is C27H24N6O3. The van der Waals surface area contributed by atoms with Crippen LogP contribution in [-0.2, 0) is 11.8 Å². The Morgan fingerprint density at radius 1 is 1.08 bits per heavy atom. The highest BCUT2D eigenvalue weighted by atomic mass is 16.2. The van der Waals surface area contributed by atoms with E-state index in [9.17, 15) is 14.4 Å². The minimum absolute atomic E-state index is 0.0554. The number of nitrogens with one attached hydrogen (secondary N) is 2. The Bertz CT molecular complexity index is 1550. The molecule has 3 amide bonds. The number of fused-ring (bicyclic) bond motifs is 2. The highest BCUT2D eigenvalue weighted by molar-refractivity contribution is 6.16. The predicted octanol–water partition coefficient (Wildman–Crippen LogP) is 4.01. The second kappa shape index (κ2) is 8.30. The summed E-state index contributed by atoms with van der Waals surface area (Å²) in [5.41, 5.74) is 5.15. The Labute approximate surface area is 207 Å². The Balaban J connectivity index is 1.26. The number of aromatic nitrogens is 3. The van der Waals surface area contributed by atoms with Crippen molar-refractivity contribution in [2.24, 2.45) is 7.05 Å². The average molecular weight is 481 g/mol. The Kier molecular flexibility index (Phi) is 5.06. The third-order valence-corrected chi connectivity index (χ3v) is 6.63. The van der Waals surface area contributed by atoms with Crippen LogP contribution in [0, 0.1) is 6.92 Å². The van der Waals surface area contributed by atoms with E-state index in [1.165, 1.54) is 4.90 Å². The molecule has 0 bridgehead atoms. The van der Waals surface area contributed by atoms with Gasteiger partial charge in [0.1, 0.15) is 6.54 Å². The molecule has 0 saturated heterocycles. The van der Waals surface area contributed by atoms with Crippen LogP contribution in [0.3, 0.4) is 0 Å². The molecule has 9 nitrogen and oxygen atoms in total. The minimum Gasteiger partial charge on any atom is -0.323 e. The van der Waals surface area contributed by atoms with Gasteiger partial charge in [-0.05, 0) is 62.2 Å². The van der Waals surface area contributed by atoms with Gasteiger partial charge in [-0.25, -0.2) is 4.98 Å². The van der Waals surface area contributed by atoms with Crippen LogP contribution >= 0.6 is 0 Å². The van der Waals surface area contributed by atoms with E-state index in [0.29, 0.717) is 39.8 Å². The van der Waals surface area contributed by atoms with Gasteiger partial charge in [-0.2, -0.15) is 5.10 Å². The van der Waals surface area contributed by atoms with Crippen LogP contribution in [0.5, 0.6) is 0 Å². The van der Waals surface area contributed by atoms with Crippen LogP contribution < -0.4 is 15.5 Å². The van der Waals surface area contributed by atoms with Gasteiger partial charge in [-0.1, -0.05) is 12.1 Å². The third kappa shape index (κ3) is 3.78. The van der Waals surface area contributed by atoms with Gasteiger partial charge >= 0.3 is 0 Å². The average Bonchev–Trinajstić information content (AvgIpc) is 3.69. The molecule has 0 spiro atoms. The SMILES string of the molecule is Cc1nn(C)c2nc(C3CC3)cc(C(=O)Nc3ccc(C(=O)N4CC(=O)Nc5ccccc54)cc3)c12. The number of hydrogen-bond donors (Lipinski definition) is 2. The Morgan fingerprint density at radius 3 is 2.58 bits per heavy atom. The van der Waals surface area contributed by atoms with Crippen molar-refractivity contribution < 1.29 is 14.4 Å². The van der Waals surface area contributed by atoms with Crippen molar-refractivity contribution in [2.45, 2.75) is 25.7 Å². The van der Waals surface area contributed by atoms with Crippen LogP contribution in [0.15, 0.2) is 54.6 Å². The molecule has 0 atom stereocenters. The molecule has 1 aliphatic carbocycles. The van der Waals surface area contributed by atoms with Crippen molar-refractivity contribution >= 4 is 45.8 Å². The van der Waals surface area contributed by atoms with E-state index in [2.05, 4.69) is 15.7 Å². The number of nitrogens with zero attached hydrogens (tertiary/aromatic N) is 4. The molecule has 0 radical (unpaired) electrons. The van der Waals surface area contributed by atoms with Gasteiger partial charge in [-0.3, -0.25) is 24.0 Å². The van der Waals surface area contributed by atoms with Crippen LogP contribution in [0.2, 0.25) is 0 Å². The van der Waals surface area contributed by atoms with Crippen LogP contribution in [0.4, 0.5) is 17.1 Å². The number of rotatable bonds is 4. The molecule has 2 aliphatic rings. The highest BCUT2D eigenvalue weighted by Gasteiger charge is 2.29. The topological polar surface area (TPSA) is 109 Å². The molecule has 1 fully saturated rings. The molecule has 3 heterocycles. The van der Waals surface area contributed by atoms with Crippen molar-refractivity contribution in [3.63, 3.8) is 0 Å². The number of hydrogen-bond acceptors (Lipinski definition) is 5. The maximum absolute atomic E-state index is 13.3. The maximum Gasteiger partial charge on any atom is 0.258 e. The summed E-state index contributed by atoms with van der Waals surface area (Å²) in [6, 6.07) is 15.8. The van der Waals surface area contributed by atoms with E-state index in [-0.39, 0.29) is 24.3 Å². The van der Waals surface area contributed by atoms with Crippen molar-refractivity contribution in [1.82, 2.24) is 14.8 Å². The van der Waals surface area contributed by atoms with Gasteiger partial charge in [0.25, 0.3) is 11.8 Å². The summed E-state index contributed by atoms with van der Waals surface area (Å²) in [6.45, 7) is 1.82. The number of pyridine rings is 1. The molecule has 4 aromatic rings. The molecule has 36 heavy (non-hydrogen) atoms. The quantitative estimate of drug-likeness (QED) is 0.459. The van der Waals surface area contributed by atoms with E-state index in [1.807, 2.05) is 32.2 Å². The zero-order valence-electron chi connectivity index (χ0n) is 19.9. The summed E-state index contributed by atoms with van der Waals surface area (Å²) in [7, 11) is 1.83. The molecule has 2 aromatic carbocycles. The van der Waals surface area contributed by atoms with Gasteiger partial charge in [0.15, 0.2) is 5.65 Å². The molecular weight excluding hydrogens is 456 g/mol. The monoisotopic (exact) mass is 480 g/mol. The van der Waals surface area contributed by atoms with Crippen LogP contribution in [0.25, 0.3) is 11.0 Å². The highest BCUT2D eigenvalue weighted by Crippen LogP contribution is 2.40. The lowest BCUT2D eigenvalue weighted by molar-refractivity contribution is -0.115. The molecule has 0 unspecified atom stereocenters. The van der Waals surface area contributed by atoms with Crippen molar-refractivity contribution in [2.75, 3.05) is 22.1 Å². The zero-order chi connectivity index (χ0) is 25.0. The fourth-order valence-corrected chi connectivity index (χ4v) is 4.70. The lowest BCUT2D eigenvalue weighted by Crippen LogP contribution is -2.42. The summed E-state index contributed by atoms with van der Waals surface area (Å²) in [6.07, 6.45) is 2.16. The number of para-hydroxylation sites is 2. The van der Waals surface area contributed by atoms with Crippen LogP contribution in [-0.4, -0.2) is 39.0 Å². The van der Waals surface area contributed by atoms with Gasteiger partial charge in [0, 0.05) is 29.9 Å². The molecule has 6 rings (SSSR count). The number of aryl methyl sites for hydroxylation is 2. The standard InChI is InChI=1S/C27H24N6O3/c1-15-24-19(13-21(16-7-8-16)30-25(24)32(2)31-15)26(35)28-18-11-9-17(10-12-18)27(36)33-14-23(34)29-20-5-3-4-6-22(20)33/h3-6,9-13,16H,7-8,14H2,1-2H3,(H,28,35)(H,29,34). The lowest BCUT2D eigenvalue weighted by atomic mass is 10.1. The summed E-state index contributed by atoms with van der Waals surface area (Å²) < 4.78 is 1.72. The number of carbonyl (C=O) groups excluding carboxylic acids is 3. The Morgan fingerprint density at radius 2 is 1.83 bits per heavy atom. The minimum atomic E-state index is -0.286. The molecule has 2 aromatic heterocycles. The largest absolute Gasteiger partial charge is 0.323 e. The lowest BCUT2D eigenvalue weighted by Gasteiger charge is -2.29. The fraction of sp³-hybridized carbons (Fsp3) is 0.222.